The number of piperidine rings is 1. The van der Waals surface area contributed by atoms with Crippen molar-refractivity contribution in [3.63, 3.8) is 0 Å². The highest BCUT2D eigenvalue weighted by atomic mass is 127. The van der Waals surface area contributed by atoms with Gasteiger partial charge in [-0.2, -0.15) is 0 Å². The van der Waals surface area contributed by atoms with Crippen LogP contribution in [-0.4, -0.2) is 60.8 Å². The Balaban J connectivity index is 2.64. The summed E-state index contributed by atoms with van der Waals surface area (Å²) in [6, 6.07) is 0. The maximum Gasteiger partial charge on any atom is 0.518 e. The summed E-state index contributed by atoms with van der Waals surface area (Å²) in [6.45, 7) is 8.61. The number of ether oxygens (including phenoxy) is 3. The van der Waals surface area contributed by atoms with Gasteiger partial charge in [-0.15, -0.1) is 0 Å². The minimum absolute atomic E-state index is 0.000511. The fourth-order valence-corrected chi connectivity index (χ4v) is 3.33. The lowest BCUT2D eigenvalue weighted by Gasteiger charge is -2.53. The van der Waals surface area contributed by atoms with Crippen molar-refractivity contribution in [1.29, 1.82) is 0 Å². The van der Waals surface area contributed by atoms with Crippen LogP contribution in [0.25, 0.3) is 0 Å². The fraction of sp³-hybridized carbons (Fsp3) is 0.867. The molecule has 0 amide bonds. The summed E-state index contributed by atoms with van der Waals surface area (Å²) < 4.78 is 24.7. The minimum Gasteiger partial charge on any atom is -0.430 e. The number of halogens is 2. The molecule has 0 saturated carbocycles. The van der Waals surface area contributed by atoms with E-state index < -0.39 is 18.4 Å². The second-order valence-electron chi connectivity index (χ2n) is 7.25. The number of likely N-dealkylation sites (tertiary alicyclic amines) is 1. The van der Waals surface area contributed by atoms with Gasteiger partial charge >= 0.3 is 12.3 Å². The first-order valence-corrected chi connectivity index (χ1v) is 9.58. The highest BCUT2D eigenvalue weighted by molar-refractivity contribution is 14.1. The van der Waals surface area contributed by atoms with E-state index in [1.54, 1.807) is 0 Å². The molecule has 0 N–H and O–H groups in total. The van der Waals surface area contributed by atoms with E-state index >= 15 is 0 Å². The summed E-state index contributed by atoms with van der Waals surface area (Å²) in [7, 11) is 2.11. The second kappa shape index (κ2) is 9.74. The van der Waals surface area contributed by atoms with Crippen LogP contribution in [0.5, 0.6) is 0 Å². The largest absolute Gasteiger partial charge is 0.518 e. The molecule has 0 aromatic carbocycles. The molecule has 0 aromatic heterocycles. The Morgan fingerprint density at radius 2 is 1.56 bits per heavy atom. The summed E-state index contributed by atoms with van der Waals surface area (Å²) in [5.41, 5.74) is -0.0448. The van der Waals surface area contributed by atoms with Gasteiger partial charge in [-0.05, 0) is 47.6 Å². The Kier molecular flexibility index (Phi) is 8.94. The van der Waals surface area contributed by atoms with Gasteiger partial charge in [0.15, 0.2) is 52.1 Å². The Morgan fingerprint density at radius 3 is 2.04 bits per heavy atom. The maximum atomic E-state index is 11.3. The standard InChI is InChI=1S/C15H25I2NO7/c1-14(2)6-10(7-15(3,4)18(14)5)21-8-11(23-13(20)25-17)9-22-12(19)24-16/h10-11H,6-9H2,1-5H3. The molecule has 1 aliphatic heterocycles. The summed E-state index contributed by atoms with van der Waals surface area (Å²) in [4.78, 5) is 24.8. The molecule has 1 fully saturated rings. The first-order valence-electron chi connectivity index (χ1n) is 7.82. The van der Waals surface area contributed by atoms with Crippen molar-refractivity contribution in [3.8, 4) is 0 Å². The fourth-order valence-electron chi connectivity index (χ4n) is 3.09. The normalized spacial score (nSPS) is 21.2. The molecule has 1 unspecified atom stereocenters. The van der Waals surface area contributed by atoms with E-state index in [2.05, 4.69) is 45.8 Å². The van der Waals surface area contributed by atoms with Crippen LogP contribution < -0.4 is 0 Å². The van der Waals surface area contributed by atoms with Crippen LogP contribution in [0.4, 0.5) is 9.59 Å². The molecule has 1 atom stereocenters. The van der Waals surface area contributed by atoms with Gasteiger partial charge in [-0.25, -0.2) is 9.59 Å². The summed E-state index contributed by atoms with van der Waals surface area (Å²) in [6.07, 6.45) is -0.827. The van der Waals surface area contributed by atoms with Gasteiger partial charge in [0.2, 0.25) is 0 Å². The van der Waals surface area contributed by atoms with Crippen molar-refractivity contribution in [2.45, 2.75) is 63.8 Å². The molecule has 1 heterocycles. The third-order valence-corrected chi connectivity index (χ3v) is 5.28. The van der Waals surface area contributed by atoms with E-state index in [0.29, 0.717) is 0 Å². The van der Waals surface area contributed by atoms with E-state index in [9.17, 15) is 9.59 Å². The molecule has 0 aromatic rings. The van der Waals surface area contributed by atoms with Crippen LogP contribution in [0.15, 0.2) is 0 Å². The molecule has 1 rings (SSSR count). The van der Waals surface area contributed by atoms with Gasteiger partial charge < -0.3 is 20.3 Å². The Labute approximate surface area is 176 Å². The van der Waals surface area contributed by atoms with E-state index in [0.717, 1.165) is 12.8 Å². The van der Waals surface area contributed by atoms with E-state index in [-0.39, 0.29) is 30.4 Å². The number of nitrogens with zero attached hydrogens (tertiary/aromatic N) is 1. The molecule has 10 heteroatoms. The number of hydrogen-bond acceptors (Lipinski definition) is 8. The van der Waals surface area contributed by atoms with Gasteiger partial charge in [0.25, 0.3) is 0 Å². The monoisotopic (exact) mass is 585 g/mol. The van der Waals surface area contributed by atoms with Gasteiger partial charge in [-0.3, -0.25) is 4.90 Å². The van der Waals surface area contributed by atoms with Crippen molar-refractivity contribution in [3.05, 3.63) is 0 Å². The first-order chi connectivity index (χ1) is 11.5. The van der Waals surface area contributed by atoms with Crippen molar-refractivity contribution < 1.29 is 29.9 Å². The Morgan fingerprint density at radius 1 is 1.04 bits per heavy atom. The molecule has 1 aliphatic rings. The van der Waals surface area contributed by atoms with Crippen LogP contribution in [0, 0.1) is 0 Å². The average molecular weight is 585 g/mol. The Hall–Kier alpha value is -0.0800. The van der Waals surface area contributed by atoms with Crippen LogP contribution in [0.1, 0.15) is 40.5 Å². The minimum atomic E-state index is -0.871. The summed E-state index contributed by atoms with van der Waals surface area (Å²) in [5.74, 6) is 0. The van der Waals surface area contributed by atoms with E-state index in [1.165, 1.54) is 46.0 Å². The topological polar surface area (TPSA) is 83.5 Å². The third-order valence-electron chi connectivity index (χ3n) is 4.56. The van der Waals surface area contributed by atoms with Crippen molar-refractivity contribution in [1.82, 2.24) is 4.90 Å². The predicted octanol–water partition coefficient (Wildman–Crippen LogP) is 4.03. The lowest BCUT2D eigenvalue weighted by molar-refractivity contribution is -0.112. The highest BCUT2D eigenvalue weighted by Crippen LogP contribution is 2.38. The molecule has 0 radical (unpaired) electrons. The lowest BCUT2D eigenvalue weighted by atomic mass is 9.79. The van der Waals surface area contributed by atoms with Gasteiger partial charge in [-0.1, -0.05) is 0 Å². The Bertz CT molecular complexity index is 455. The van der Waals surface area contributed by atoms with Crippen LogP contribution in [-0.2, 0) is 20.3 Å². The zero-order valence-corrected chi connectivity index (χ0v) is 19.4. The zero-order chi connectivity index (χ0) is 19.3. The number of carbonyl (C=O) groups excluding carboxylic acids is 2. The van der Waals surface area contributed by atoms with E-state index in [1.807, 2.05) is 0 Å². The van der Waals surface area contributed by atoms with Crippen LogP contribution >= 0.6 is 46.0 Å². The molecular formula is C15H25I2NO7. The molecular weight excluding hydrogens is 560 g/mol. The van der Waals surface area contributed by atoms with Gasteiger partial charge in [0.05, 0.1) is 12.7 Å². The molecule has 1 saturated heterocycles. The average Bonchev–Trinajstić information content (AvgIpc) is 2.53. The number of carbonyl (C=O) groups is 2. The molecule has 146 valence electrons. The second-order valence-corrected chi connectivity index (χ2v) is 8.13. The third kappa shape index (κ3) is 7.21. The first kappa shape index (κ1) is 23.0. The van der Waals surface area contributed by atoms with Gasteiger partial charge in [0, 0.05) is 11.1 Å². The summed E-state index contributed by atoms with van der Waals surface area (Å²) in [5, 5.41) is 0. The number of rotatable bonds is 6. The van der Waals surface area contributed by atoms with E-state index in [4.69, 9.17) is 14.2 Å². The van der Waals surface area contributed by atoms with Crippen molar-refractivity contribution in [2.75, 3.05) is 20.3 Å². The quantitative estimate of drug-likeness (QED) is 0.342. The molecule has 0 spiro atoms. The van der Waals surface area contributed by atoms with Crippen molar-refractivity contribution in [2.24, 2.45) is 0 Å². The van der Waals surface area contributed by atoms with Crippen molar-refractivity contribution >= 4 is 58.3 Å². The number of hydrogen-bond donors (Lipinski definition) is 0. The highest BCUT2D eigenvalue weighted by Gasteiger charge is 2.43. The van der Waals surface area contributed by atoms with Crippen LogP contribution in [0.2, 0.25) is 0 Å². The molecule has 0 aliphatic carbocycles. The smallest absolute Gasteiger partial charge is 0.430 e. The SMILES string of the molecule is CN1C(C)(C)CC(OCC(COC(=O)OI)OC(=O)OI)CC1(C)C. The van der Waals surface area contributed by atoms with Crippen LogP contribution in [0.3, 0.4) is 0 Å². The lowest BCUT2D eigenvalue weighted by Crippen LogP contribution is -2.60. The zero-order valence-electron chi connectivity index (χ0n) is 15.0. The summed E-state index contributed by atoms with van der Waals surface area (Å²) >= 11 is 2.84. The maximum absolute atomic E-state index is 11.3. The molecule has 25 heavy (non-hydrogen) atoms. The molecule has 0 bridgehead atoms. The molecule has 8 nitrogen and oxygen atoms in total. The van der Waals surface area contributed by atoms with Gasteiger partial charge in [0.1, 0.15) is 6.61 Å². The predicted molar refractivity (Wildman–Crippen MR) is 107 cm³/mol.